The minimum atomic E-state index is -4.58. The minimum Gasteiger partial charge on any atom is -0.465 e. The molecule has 15 nitrogen and oxygen atoms in total. The molecule has 2 aliphatic heterocycles. The highest BCUT2D eigenvalue weighted by Gasteiger charge is 2.45. The number of hydrogen-bond acceptors (Lipinski definition) is 12. The normalized spacial score (nSPS) is 16.3. The fourth-order valence-corrected chi connectivity index (χ4v) is 15.6. The third kappa shape index (κ3) is 10.6. The van der Waals surface area contributed by atoms with Crippen LogP contribution in [-0.2, 0) is 24.4 Å². The van der Waals surface area contributed by atoms with Crippen molar-refractivity contribution in [1.82, 2.24) is 19.9 Å². The van der Waals surface area contributed by atoms with Crippen LogP contribution in [0.4, 0.5) is 25.1 Å². The molecule has 2 bridgehead atoms. The summed E-state index contributed by atoms with van der Waals surface area (Å²) in [4.78, 5) is 44.0. The molecular formula is C50H60F2N6O9SSi. The fourth-order valence-electron chi connectivity index (χ4n) is 9.94. The number of rotatable bonds is 14. The predicted molar refractivity (Wildman–Crippen MR) is 263 cm³/mol. The molecule has 2 N–H and O–H groups in total. The summed E-state index contributed by atoms with van der Waals surface area (Å²) in [7, 11) is -5.54. The number of ether oxygens (including phenoxy) is 4. The monoisotopic (exact) mass is 986 g/mol. The second-order valence-corrected chi connectivity index (χ2v) is 26.5. The van der Waals surface area contributed by atoms with Crippen molar-refractivity contribution in [3.8, 4) is 34.5 Å². The number of amides is 2. The standard InChI is InChI=1S/C50H60F2N6O9SSi/c1-29(2)69(30(3)4,31(5)6)23-21-36-39(51)18-14-32-12-11-13-37(43(32)36)45-44(52)46-38(25-53-45)47(57-26-33-15-16-34(27-57)58(33)49(60)67-50(7,8)9)56-48(55-46)65-22-20-42(59)54-40-19-17-35(68(61,62)63)24-41(40)66-28-64-10/h11-14,17-19,24-25,29-31,33-34H,15-16,20,22,26-28H2,1-10H3,(H,54,59)(H,61,62,63). The number of pyridine rings is 1. The Labute approximate surface area is 403 Å². The Morgan fingerprint density at radius 3 is 2.26 bits per heavy atom. The molecule has 2 saturated heterocycles. The SMILES string of the molecule is COCOc1cc(S(=O)(=O)O)ccc1NC(=O)CCOc1nc(N2CC3CCC(C2)N3C(=O)OC(C)(C)C)c2cnc(-c3cccc4ccc(F)c(C#C[Si](C(C)C)(C(C)C)C(C)C)c34)c(F)c2n1. The summed E-state index contributed by atoms with van der Waals surface area (Å²) in [6.07, 6.45) is 2.26. The van der Waals surface area contributed by atoms with E-state index in [9.17, 15) is 22.6 Å². The molecule has 4 heterocycles. The first-order valence-electron chi connectivity index (χ1n) is 23.1. The number of nitrogens with one attached hydrogen (secondary N) is 1. The number of aromatic nitrogens is 3. The number of piperazine rings is 1. The Balaban J connectivity index is 1.28. The topological polar surface area (TPSA) is 183 Å². The lowest BCUT2D eigenvalue weighted by atomic mass is 9.96. The van der Waals surface area contributed by atoms with Crippen LogP contribution in [0.5, 0.6) is 11.8 Å². The Morgan fingerprint density at radius 1 is 0.957 bits per heavy atom. The molecule has 2 fully saturated rings. The van der Waals surface area contributed by atoms with Gasteiger partial charge in [0.25, 0.3) is 10.1 Å². The van der Waals surface area contributed by atoms with Gasteiger partial charge in [0, 0.05) is 43.4 Å². The summed E-state index contributed by atoms with van der Waals surface area (Å²) in [5, 5.41) is 3.99. The summed E-state index contributed by atoms with van der Waals surface area (Å²) in [6, 6.07) is 11.0. The maximum atomic E-state index is 17.6. The van der Waals surface area contributed by atoms with E-state index in [-0.39, 0.29) is 71.5 Å². The molecule has 2 aromatic heterocycles. The molecule has 2 atom stereocenters. The third-order valence-corrected chi connectivity index (χ3v) is 20.1. The van der Waals surface area contributed by atoms with Crippen LogP contribution in [-0.4, -0.2) is 104 Å². The molecule has 0 saturated carbocycles. The van der Waals surface area contributed by atoms with Crippen LogP contribution in [0, 0.1) is 23.1 Å². The molecule has 19 heteroatoms. The molecular weight excluding hydrogens is 927 g/mol. The Hall–Kier alpha value is -5.94. The second-order valence-electron chi connectivity index (χ2n) is 19.5. The van der Waals surface area contributed by atoms with Gasteiger partial charge in [-0.25, -0.2) is 13.6 Å². The molecule has 5 aromatic rings. The first-order valence-corrected chi connectivity index (χ1v) is 26.7. The number of benzene rings is 3. The van der Waals surface area contributed by atoms with E-state index < -0.39 is 52.3 Å². The van der Waals surface area contributed by atoms with E-state index in [0.717, 1.165) is 12.1 Å². The zero-order valence-corrected chi connectivity index (χ0v) is 42.5. The first kappa shape index (κ1) is 50.9. The van der Waals surface area contributed by atoms with Crippen LogP contribution in [0.2, 0.25) is 16.6 Å². The maximum absolute atomic E-state index is 17.6. The van der Waals surface area contributed by atoms with Crippen molar-refractivity contribution in [2.24, 2.45) is 0 Å². The zero-order chi connectivity index (χ0) is 50.2. The highest BCUT2D eigenvalue weighted by Crippen LogP contribution is 2.43. The fraction of sp³-hybridized carbons (Fsp3) is 0.460. The number of nitrogens with zero attached hydrogens (tertiary/aromatic N) is 5. The Bertz CT molecular complexity index is 2920. The molecule has 0 aliphatic carbocycles. The zero-order valence-electron chi connectivity index (χ0n) is 40.6. The van der Waals surface area contributed by atoms with Crippen molar-refractivity contribution in [3.05, 3.63) is 71.9 Å². The van der Waals surface area contributed by atoms with Crippen LogP contribution in [0.25, 0.3) is 32.9 Å². The van der Waals surface area contributed by atoms with Gasteiger partial charge in [-0.15, -0.1) is 5.54 Å². The Morgan fingerprint density at radius 2 is 1.64 bits per heavy atom. The van der Waals surface area contributed by atoms with E-state index in [1.54, 1.807) is 23.1 Å². The van der Waals surface area contributed by atoms with Gasteiger partial charge in [-0.05, 0) is 73.8 Å². The van der Waals surface area contributed by atoms with Gasteiger partial charge >= 0.3 is 12.1 Å². The summed E-state index contributed by atoms with van der Waals surface area (Å²) in [6.45, 7) is 18.7. The van der Waals surface area contributed by atoms with Gasteiger partial charge < -0.3 is 29.2 Å². The Kier molecular flexibility index (Phi) is 14.9. The second kappa shape index (κ2) is 20.2. The third-order valence-electron chi connectivity index (χ3n) is 13.0. The number of methoxy groups -OCH3 is 1. The average molecular weight is 987 g/mol. The van der Waals surface area contributed by atoms with E-state index in [2.05, 4.69) is 63.3 Å². The van der Waals surface area contributed by atoms with E-state index in [1.807, 2.05) is 31.7 Å². The molecule has 2 amide bonds. The van der Waals surface area contributed by atoms with Crippen LogP contribution >= 0.6 is 0 Å². The van der Waals surface area contributed by atoms with Gasteiger partial charge in [0.1, 0.15) is 48.9 Å². The van der Waals surface area contributed by atoms with Crippen LogP contribution in [0.3, 0.4) is 0 Å². The van der Waals surface area contributed by atoms with E-state index in [0.29, 0.717) is 64.7 Å². The number of fused-ring (bicyclic) bond motifs is 4. The average Bonchev–Trinajstić information content (AvgIpc) is 3.54. The van der Waals surface area contributed by atoms with Gasteiger partial charge in [0.05, 0.1) is 40.0 Å². The van der Waals surface area contributed by atoms with E-state index in [4.69, 9.17) is 28.9 Å². The van der Waals surface area contributed by atoms with E-state index in [1.165, 1.54) is 25.4 Å². The summed E-state index contributed by atoms with van der Waals surface area (Å²) in [5.41, 5.74) is 4.19. The maximum Gasteiger partial charge on any atom is 0.410 e. The lowest BCUT2D eigenvalue weighted by molar-refractivity contribution is -0.116. The highest BCUT2D eigenvalue weighted by atomic mass is 32.2. The number of hydrogen-bond donors (Lipinski definition) is 2. The van der Waals surface area contributed by atoms with Gasteiger partial charge in [0.15, 0.2) is 12.6 Å². The number of anilines is 2. The largest absolute Gasteiger partial charge is 0.465 e. The minimum absolute atomic E-state index is 0.0749. The van der Waals surface area contributed by atoms with Crippen LogP contribution < -0.4 is 19.7 Å². The molecule has 0 radical (unpaired) electrons. The molecule has 3 aromatic carbocycles. The first-order chi connectivity index (χ1) is 32.5. The number of carbonyl (C=O) groups excluding carboxylic acids is 2. The van der Waals surface area contributed by atoms with Crippen molar-refractivity contribution in [3.63, 3.8) is 0 Å². The summed E-state index contributed by atoms with van der Waals surface area (Å²) < 4.78 is 89.0. The van der Waals surface area contributed by atoms with Gasteiger partial charge in [-0.2, -0.15) is 18.4 Å². The predicted octanol–water partition coefficient (Wildman–Crippen LogP) is 9.92. The molecule has 2 aliphatic rings. The quantitative estimate of drug-likeness (QED) is 0.0465. The molecule has 7 rings (SSSR count). The summed E-state index contributed by atoms with van der Waals surface area (Å²) in [5.74, 6) is 1.63. The molecule has 0 spiro atoms. The molecule has 368 valence electrons. The highest BCUT2D eigenvalue weighted by molar-refractivity contribution is 7.85. The molecule has 69 heavy (non-hydrogen) atoms. The van der Waals surface area contributed by atoms with Crippen molar-refractivity contribution in [2.45, 2.75) is 121 Å². The van der Waals surface area contributed by atoms with Gasteiger partial charge in [-0.3, -0.25) is 19.2 Å². The van der Waals surface area contributed by atoms with Crippen molar-refractivity contribution in [2.75, 3.05) is 43.8 Å². The van der Waals surface area contributed by atoms with Gasteiger partial charge in [-0.1, -0.05) is 71.7 Å². The lowest BCUT2D eigenvalue weighted by Crippen LogP contribution is -2.57. The van der Waals surface area contributed by atoms with Crippen LogP contribution in [0.1, 0.15) is 87.1 Å². The lowest BCUT2D eigenvalue weighted by Gasteiger charge is -2.42. The van der Waals surface area contributed by atoms with Gasteiger partial charge in [0.2, 0.25) is 5.91 Å². The van der Waals surface area contributed by atoms with Crippen molar-refractivity contribution < 1.29 is 50.3 Å². The smallest absolute Gasteiger partial charge is 0.410 e. The number of halogens is 2. The van der Waals surface area contributed by atoms with Crippen molar-refractivity contribution in [1.29, 1.82) is 0 Å². The van der Waals surface area contributed by atoms with Crippen LogP contribution in [0.15, 0.2) is 59.6 Å². The van der Waals surface area contributed by atoms with E-state index >= 15 is 8.78 Å². The van der Waals surface area contributed by atoms with Crippen molar-refractivity contribution >= 4 is 63.4 Å². The number of carbonyl (C=O) groups is 2. The summed E-state index contributed by atoms with van der Waals surface area (Å²) >= 11 is 0. The molecule has 2 unspecified atom stereocenters.